The second kappa shape index (κ2) is 7.92. The predicted octanol–water partition coefficient (Wildman–Crippen LogP) is 0.617. The minimum Gasteiger partial charge on any atom is -0.450 e. The molecule has 104 valence electrons. The van der Waals surface area contributed by atoms with Crippen LogP contribution in [0.5, 0.6) is 0 Å². The fourth-order valence-corrected chi connectivity index (χ4v) is 1.96. The molecule has 0 atom stereocenters. The zero-order valence-electron chi connectivity index (χ0n) is 11.1. The first-order valence-corrected chi connectivity index (χ1v) is 6.37. The molecule has 0 aliphatic carbocycles. The van der Waals surface area contributed by atoms with Gasteiger partial charge in [-0.05, 0) is 19.8 Å². The van der Waals surface area contributed by atoms with Gasteiger partial charge in [0, 0.05) is 32.7 Å². The number of carbonyl (C=O) groups excluding carboxylic acids is 2. The van der Waals surface area contributed by atoms with E-state index in [1.54, 1.807) is 18.9 Å². The van der Waals surface area contributed by atoms with E-state index in [0.717, 1.165) is 0 Å². The van der Waals surface area contributed by atoms with E-state index in [1.807, 2.05) is 0 Å². The van der Waals surface area contributed by atoms with Crippen molar-refractivity contribution in [2.24, 2.45) is 5.92 Å². The summed E-state index contributed by atoms with van der Waals surface area (Å²) in [4.78, 5) is 24.9. The van der Waals surface area contributed by atoms with Gasteiger partial charge in [-0.2, -0.15) is 0 Å². The Hall–Kier alpha value is -1.30. The molecule has 0 radical (unpaired) electrons. The van der Waals surface area contributed by atoms with Crippen molar-refractivity contribution in [3.05, 3.63) is 0 Å². The van der Waals surface area contributed by atoms with Crippen molar-refractivity contribution in [1.82, 2.24) is 10.2 Å². The number of amides is 2. The maximum absolute atomic E-state index is 11.8. The molecule has 1 aliphatic heterocycles. The third-order valence-electron chi connectivity index (χ3n) is 3.00. The minimum absolute atomic E-state index is 0.00691. The highest BCUT2D eigenvalue weighted by Gasteiger charge is 2.27. The van der Waals surface area contributed by atoms with Crippen molar-refractivity contribution in [2.45, 2.75) is 19.8 Å². The van der Waals surface area contributed by atoms with Crippen LogP contribution in [-0.2, 0) is 14.3 Å². The highest BCUT2D eigenvalue weighted by Crippen LogP contribution is 2.17. The van der Waals surface area contributed by atoms with Crippen molar-refractivity contribution in [3.63, 3.8) is 0 Å². The molecule has 1 heterocycles. The van der Waals surface area contributed by atoms with Crippen LogP contribution in [0.15, 0.2) is 0 Å². The molecule has 1 aliphatic rings. The summed E-state index contributed by atoms with van der Waals surface area (Å²) in [5.41, 5.74) is 0. The average molecular weight is 258 g/mol. The second-order valence-electron chi connectivity index (χ2n) is 4.24. The molecule has 6 nitrogen and oxygen atoms in total. The van der Waals surface area contributed by atoms with Gasteiger partial charge in [-0.1, -0.05) is 0 Å². The Morgan fingerprint density at radius 1 is 1.33 bits per heavy atom. The van der Waals surface area contributed by atoms with E-state index in [2.05, 4.69) is 5.32 Å². The number of hydrogen-bond acceptors (Lipinski definition) is 4. The van der Waals surface area contributed by atoms with Gasteiger partial charge in [0.2, 0.25) is 5.91 Å². The molecule has 0 aromatic rings. The first-order chi connectivity index (χ1) is 8.69. The van der Waals surface area contributed by atoms with E-state index in [4.69, 9.17) is 9.47 Å². The number of carbonyl (C=O) groups is 2. The Kier molecular flexibility index (Phi) is 6.49. The number of hydrogen-bond donors (Lipinski definition) is 1. The molecular weight excluding hydrogens is 236 g/mol. The number of ether oxygens (including phenoxy) is 2. The summed E-state index contributed by atoms with van der Waals surface area (Å²) < 4.78 is 9.80. The van der Waals surface area contributed by atoms with E-state index in [0.29, 0.717) is 45.7 Å². The lowest BCUT2D eigenvalue weighted by atomic mass is 9.96. The third-order valence-corrected chi connectivity index (χ3v) is 3.00. The number of likely N-dealkylation sites (tertiary alicyclic amines) is 1. The number of nitrogens with one attached hydrogen (secondary N) is 1. The molecule has 6 heteroatoms. The van der Waals surface area contributed by atoms with Crippen molar-refractivity contribution in [2.75, 3.05) is 40.0 Å². The predicted molar refractivity (Wildman–Crippen MR) is 66.2 cm³/mol. The van der Waals surface area contributed by atoms with Gasteiger partial charge in [0.1, 0.15) is 0 Å². The SMILES string of the molecule is CCOC(=O)N1CCC(C(=O)NCCOC)CC1. The molecule has 0 saturated carbocycles. The zero-order chi connectivity index (χ0) is 13.4. The van der Waals surface area contributed by atoms with Gasteiger partial charge in [-0.25, -0.2) is 4.79 Å². The molecule has 1 saturated heterocycles. The Bertz CT molecular complexity index is 275. The fourth-order valence-electron chi connectivity index (χ4n) is 1.96. The summed E-state index contributed by atoms with van der Waals surface area (Å²) in [6, 6.07) is 0. The highest BCUT2D eigenvalue weighted by atomic mass is 16.6. The van der Waals surface area contributed by atoms with Crippen LogP contribution in [0.1, 0.15) is 19.8 Å². The number of nitrogens with zero attached hydrogens (tertiary/aromatic N) is 1. The van der Waals surface area contributed by atoms with E-state index in [1.165, 1.54) is 0 Å². The van der Waals surface area contributed by atoms with Crippen LogP contribution in [0, 0.1) is 5.92 Å². The standard InChI is InChI=1S/C12H22N2O4/c1-3-18-12(16)14-7-4-10(5-8-14)11(15)13-6-9-17-2/h10H,3-9H2,1-2H3,(H,13,15). The van der Waals surface area contributed by atoms with Crippen LogP contribution in [0.4, 0.5) is 4.79 Å². The largest absolute Gasteiger partial charge is 0.450 e. The molecule has 1 rings (SSSR count). The average Bonchev–Trinajstić information content (AvgIpc) is 2.39. The number of rotatable bonds is 5. The van der Waals surface area contributed by atoms with Crippen molar-refractivity contribution in [3.8, 4) is 0 Å². The second-order valence-corrected chi connectivity index (χ2v) is 4.24. The molecular formula is C12H22N2O4. The first-order valence-electron chi connectivity index (χ1n) is 6.37. The normalized spacial score (nSPS) is 16.4. The lowest BCUT2D eigenvalue weighted by molar-refractivity contribution is -0.126. The summed E-state index contributed by atoms with van der Waals surface area (Å²) >= 11 is 0. The smallest absolute Gasteiger partial charge is 0.409 e. The molecule has 18 heavy (non-hydrogen) atoms. The van der Waals surface area contributed by atoms with Crippen molar-refractivity contribution in [1.29, 1.82) is 0 Å². The summed E-state index contributed by atoms with van der Waals surface area (Å²) in [6.45, 7) is 4.40. The number of piperidine rings is 1. The van der Waals surface area contributed by atoms with Crippen LogP contribution < -0.4 is 5.32 Å². The maximum Gasteiger partial charge on any atom is 0.409 e. The molecule has 1 fully saturated rings. The van der Waals surface area contributed by atoms with Gasteiger partial charge in [0.05, 0.1) is 13.2 Å². The van der Waals surface area contributed by atoms with Crippen LogP contribution in [0.25, 0.3) is 0 Å². The van der Waals surface area contributed by atoms with Gasteiger partial charge < -0.3 is 19.7 Å². The van der Waals surface area contributed by atoms with E-state index < -0.39 is 0 Å². The molecule has 2 amide bonds. The van der Waals surface area contributed by atoms with Crippen molar-refractivity contribution < 1.29 is 19.1 Å². The Balaban J connectivity index is 2.26. The molecule has 0 bridgehead atoms. The van der Waals surface area contributed by atoms with Gasteiger partial charge in [0.15, 0.2) is 0 Å². The fraction of sp³-hybridized carbons (Fsp3) is 0.833. The van der Waals surface area contributed by atoms with Gasteiger partial charge in [0.25, 0.3) is 0 Å². The lowest BCUT2D eigenvalue weighted by Gasteiger charge is -2.30. The Morgan fingerprint density at radius 2 is 2.00 bits per heavy atom. The Morgan fingerprint density at radius 3 is 2.56 bits per heavy atom. The molecule has 0 aromatic heterocycles. The lowest BCUT2D eigenvalue weighted by Crippen LogP contribution is -2.43. The summed E-state index contributed by atoms with van der Waals surface area (Å²) in [5.74, 6) is 0.0445. The summed E-state index contributed by atoms with van der Waals surface area (Å²) in [5, 5.41) is 2.82. The number of methoxy groups -OCH3 is 1. The van der Waals surface area contributed by atoms with Gasteiger partial charge in [-0.15, -0.1) is 0 Å². The van der Waals surface area contributed by atoms with Crippen LogP contribution in [0.2, 0.25) is 0 Å². The van der Waals surface area contributed by atoms with E-state index >= 15 is 0 Å². The van der Waals surface area contributed by atoms with Crippen LogP contribution >= 0.6 is 0 Å². The first kappa shape index (κ1) is 14.8. The quantitative estimate of drug-likeness (QED) is 0.734. The zero-order valence-corrected chi connectivity index (χ0v) is 11.1. The monoisotopic (exact) mass is 258 g/mol. The molecule has 0 unspecified atom stereocenters. The molecule has 0 aromatic carbocycles. The summed E-state index contributed by atoms with van der Waals surface area (Å²) in [7, 11) is 1.60. The van der Waals surface area contributed by atoms with E-state index in [9.17, 15) is 9.59 Å². The maximum atomic E-state index is 11.8. The van der Waals surface area contributed by atoms with E-state index in [-0.39, 0.29) is 17.9 Å². The van der Waals surface area contributed by atoms with Gasteiger partial charge in [-0.3, -0.25) is 4.79 Å². The van der Waals surface area contributed by atoms with Gasteiger partial charge >= 0.3 is 6.09 Å². The van der Waals surface area contributed by atoms with Crippen LogP contribution in [0.3, 0.4) is 0 Å². The topological polar surface area (TPSA) is 67.9 Å². The minimum atomic E-state index is -0.282. The molecule has 0 spiro atoms. The Labute approximate surface area is 108 Å². The summed E-state index contributed by atoms with van der Waals surface area (Å²) in [6.07, 6.45) is 1.10. The van der Waals surface area contributed by atoms with Crippen molar-refractivity contribution >= 4 is 12.0 Å². The highest BCUT2D eigenvalue weighted by molar-refractivity contribution is 5.79. The van der Waals surface area contributed by atoms with Crippen LogP contribution in [-0.4, -0.2) is 56.9 Å². The molecule has 1 N–H and O–H groups in total. The third kappa shape index (κ3) is 4.52.